The minimum absolute atomic E-state index is 0.719. The van der Waals surface area contributed by atoms with Gasteiger partial charge in [0.2, 0.25) is 5.88 Å². The molecule has 1 aliphatic rings. The molecule has 0 spiro atoms. The zero-order valence-corrected chi connectivity index (χ0v) is 9.20. The third-order valence-electron chi connectivity index (χ3n) is 2.89. The third kappa shape index (κ3) is 2.93. The van der Waals surface area contributed by atoms with Crippen LogP contribution in [0, 0.1) is 5.92 Å². The topological polar surface area (TPSA) is 34.1 Å². The number of pyridine rings is 1. The molecule has 0 aromatic carbocycles. The molecule has 0 bridgehead atoms. The molecule has 3 heteroatoms. The van der Waals surface area contributed by atoms with Crippen molar-refractivity contribution in [3.05, 3.63) is 23.9 Å². The molecule has 0 radical (unpaired) electrons. The summed E-state index contributed by atoms with van der Waals surface area (Å²) in [5, 5.41) is 3.42. The molecule has 15 heavy (non-hydrogen) atoms. The average Bonchev–Trinajstić information content (AvgIpc) is 2.31. The molecular weight excluding hydrogens is 188 g/mol. The molecule has 1 saturated heterocycles. The fraction of sp³-hybridized carbons (Fsp3) is 0.583. The SMILES string of the molecule is COc1cccc(CC2CCCNC2)n1. The molecular formula is C12H18N2O. The highest BCUT2D eigenvalue weighted by atomic mass is 16.5. The fourth-order valence-electron chi connectivity index (χ4n) is 2.08. The molecule has 2 rings (SSSR count). The third-order valence-corrected chi connectivity index (χ3v) is 2.89. The Morgan fingerprint density at radius 1 is 1.53 bits per heavy atom. The Kier molecular flexibility index (Phi) is 3.56. The summed E-state index contributed by atoms with van der Waals surface area (Å²) in [5.41, 5.74) is 1.14. The van der Waals surface area contributed by atoms with Crippen molar-refractivity contribution in [1.29, 1.82) is 0 Å². The quantitative estimate of drug-likeness (QED) is 0.816. The Labute approximate surface area is 90.9 Å². The lowest BCUT2D eigenvalue weighted by molar-refractivity contribution is 0.367. The van der Waals surface area contributed by atoms with Crippen molar-refractivity contribution in [2.24, 2.45) is 5.92 Å². The summed E-state index contributed by atoms with van der Waals surface area (Å²) in [6.45, 7) is 2.29. The van der Waals surface area contributed by atoms with Crippen molar-refractivity contribution in [2.75, 3.05) is 20.2 Å². The Morgan fingerprint density at radius 3 is 3.20 bits per heavy atom. The lowest BCUT2D eigenvalue weighted by Gasteiger charge is -2.22. The smallest absolute Gasteiger partial charge is 0.213 e. The molecule has 1 fully saturated rings. The normalized spacial score (nSPS) is 21.3. The molecule has 1 N–H and O–H groups in total. The molecule has 1 aromatic rings. The average molecular weight is 206 g/mol. The van der Waals surface area contributed by atoms with Crippen molar-refractivity contribution in [3.8, 4) is 5.88 Å². The van der Waals surface area contributed by atoms with Crippen molar-refractivity contribution in [2.45, 2.75) is 19.3 Å². The van der Waals surface area contributed by atoms with E-state index in [0.717, 1.165) is 30.5 Å². The van der Waals surface area contributed by atoms with Crippen LogP contribution in [0.2, 0.25) is 0 Å². The Hall–Kier alpha value is -1.09. The lowest BCUT2D eigenvalue weighted by Crippen LogP contribution is -2.31. The van der Waals surface area contributed by atoms with E-state index in [1.54, 1.807) is 7.11 Å². The van der Waals surface area contributed by atoms with E-state index >= 15 is 0 Å². The monoisotopic (exact) mass is 206 g/mol. The van der Waals surface area contributed by atoms with Gasteiger partial charge in [0.15, 0.2) is 0 Å². The van der Waals surface area contributed by atoms with Gasteiger partial charge in [0.1, 0.15) is 0 Å². The second kappa shape index (κ2) is 5.12. The Balaban J connectivity index is 1.96. The minimum atomic E-state index is 0.719. The number of ether oxygens (including phenoxy) is 1. The van der Waals surface area contributed by atoms with Gasteiger partial charge in [0, 0.05) is 11.8 Å². The second-order valence-corrected chi connectivity index (χ2v) is 4.09. The number of rotatable bonds is 3. The summed E-state index contributed by atoms with van der Waals surface area (Å²) < 4.78 is 5.12. The van der Waals surface area contributed by atoms with E-state index in [4.69, 9.17) is 4.74 Å². The van der Waals surface area contributed by atoms with Gasteiger partial charge < -0.3 is 10.1 Å². The van der Waals surface area contributed by atoms with Crippen molar-refractivity contribution in [3.63, 3.8) is 0 Å². The maximum Gasteiger partial charge on any atom is 0.213 e. The van der Waals surface area contributed by atoms with Gasteiger partial charge in [-0.3, -0.25) is 0 Å². The van der Waals surface area contributed by atoms with Gasteiger partial charge in [-0.05, 0) is 44.3 Å². The number of nitrogens with one attached hydrogen (secondary N) is 1. The van der Waals surface area contributed by atoms with Crippen LogP contribution in [0.4, 0.5) is 0 Å². The summed E-state index contributed by atoms with van der Waals surface area (Å²) in [6, 6.07) is 5.98. The fourth-order valence-corrected chi connectivity index (χ4v) is 2.08. The largest absolute Gasteiger partial charge is 0.481 e. The highest BCUT2D eigenvalue weighted by Gasteiger charge is 2.14. The molecule has 1 unspecified atom stereocenters. The predicted molar refractivity (Wildman–Crippen MR) is 60.1 cm³/mol. The number of hydrogen-bond acceptors (Lipinski definition) is 3. The van der Waals surface area contributed by atoms with Crippen LogP contribution in [0.3, 0.4) is 0 Å². The first kappa shape index (κ1) is 10.4. The maximum absolute atomic E-state index is 5.12. The standard InChI is InChI=1S/C12H18N2O/c1-15-12-6-2-5-11(14-12)8-10-4-3-7-13-9-10/h2,5-6,10,13H,3-4,7-9H2,1H3. The van der Waals surface area contributed by atoms with Crippen LogP contribution in [0.1, 0.15) is 18.5 Å². The van der Waals surface area contributed by atoms with Crippen LogP contribution in [0.25, 0.3) is 0 Å². The summed E-state index contributed by atoms with van der Waals surface area (Å²) in [4.78, 5) is 4.44. The van der Waals surface area contributed by atoms with Gasteiger partial charge in [-0.15, -0.1) is 0 Å². The summed E-state index contributed by atoms with van der Waals surface area (Å²) in [5.74, 6) is 1.45. The highest BCUT2D eigenvalue weighted by Crippen LogP contribution is 2.16. The van der Waals surface area contributed by atoms with Gasteiger partial charge in [0.05, 0.1) is 7.11 Å². The predicted octanol–water partition coefficient (Wildman–Crippen LogP) is 1.63. The summed E-state index contributed by atoms with van der Waals surface area (Å²) in [6.07, 6.45) is 3.66. The van der Waals surface area contributed by atoms with Crippen LogP contribution < -0.4 is 10.1 Å². The van der Waals surface area contributed by atoms with Gasteiger partial charge in [-0.2, -0.15) is 0 Å². The van der Waals surface area contributed by atoms with Crippen LogP contribution in [0.15, 0.2) is 18.2 Å². The summed E-state index contributed by atoms with van der Waals surface area (Å²) >= 11 is 0. The zero-order valence-electron chi connectivity index (χ0n) is 9.20. The van der Waals surface area contributed by atoms with E-state index < -0.39 is 0 Å². The minimum Gasteiger partial charge on any atom is -0.481 e. The molecule has 1 aromatic heterocycles. The lowest BCUT2D eigenvalue weighted by atomic mass is 9.94. The first-order valence-electron chi connectivity index (χ1n) is 5.59. The zero-order chi connectivity index (χ0) is 10.5. The van der Waals surface area contributed by atoms with E-state index in [1.165, 1.54) is 19.4 Å². The van der Waals surface area contributed by atoms with Gasteiger partial charge in [-0.25, -0.2) is 4.98 Å². The van der Waals surface area contributed by atoms with Crippen molar-refractivity contribution < 1.29 is 4.74 Å². The van der Waals surface area contributed by atoms with Crippen LogP contribution in [-0.4, -0.2) is 25.2 Å². The summed E-state index contributed by atoms with van der Waals surface area (Å²) in [7, 11) is 1.66. The molecule has 0 saturated carbocycles. The van der Waals surface area contributed by atoms with E-state index in [9.17, 15) is 0 Å². The maximum atomic E-state index is 5.12. The van der Waals surface area contributed by atoms with E-state index in [-0.39, 0.29) is 0 Å². The molecule has 3 nitrogen and oxygen atoms in total. The van der Waals surface area contributed by atoms with Crippen LogP contribution >= 0.6 is 0 Å². The van der Waals surface area contributed by atoms with Crippen molar-refractivity contribution >= 4 is 0 Å². The van der Waals surface area contributed by atoms with Gasteiger partial charge >= 0.3 is 0 Å². The highest BCUT2D eigenvalue weighted by molar-refractivity contribution is 5.16. The van der Waals surface area contributed by atoms with E-state index in [0.29, 0.717) is 0 Å². The molecule has 1 aliphatic heterocycles. The van der Waals surface area contributed by atoms with Crippen LogP contribution in [0.5, 0.6) is 5.88 Å². The first-order chi connectivity index (χ1) is 7.38. The van der Waals surface area contributed by atoms with Crippen LogP contribution in [-0.2, 0) is 6.42 Å². The van der Waals surface area contributed by atoms with E-state index in [1.807, 2.05) is 12.1 Å². The number of methoxy groups -OCH3 is 1. The molecule has 0 aliphatic carbocycles. The van der Waals surface area contributed by atoms with Crippen molar-refractivity contribution in [1.82, 2.24) is 10.3 Å². The number of aromatic nitrogens is 1. The molecule has 82 valence electrons. The number of hydrogen-bond donors (Lipinski definition) is 1. The Bertz CT molecular complexity index is 308. The molecule has 1 atom stereocenters. The first-order valence-corrected chi connectivity index (χ1v) is 5.59. The number of piperidine rings is 1. The van der Waals surface area contributed by atoms with Gasteiger partial charge in [0.25, 0.3) is 0 Å². The van der Waals surface area contributed by atoms with E-state index in [2.05, 4.69) is 16.4 Å². The van der Waals surface area contributed by atoms with Gasteiger partial charge in [-0.1, -0.05) is 6.07 Å². The molecule has 0 amide bonds. The Morgan fingerprint density at radius 2 is 2.47 bits per heavy atom. The molecule has 2 heterocycles. The number of nitrogens with zero attached hydrogens (tertiary/aromatic N) is 1. The second-order valence-electron chi connectivity index (χ2n) is 4.09.